The van der Waals surface area contributed by atoms with E-state index >= 15 is 0 Å². The first-order chi connectivity index (χ1) is 15.0. The zero-order valence-corrected chi connectivity index (χ0v) is 18.1. The van der Waals surface area contributed by atoms with Crippen molar-refractivity contribution in [1.82, 2.24) is 9.62 Å². The smallest absolute Gasteiger partial charge is 0.287 e. The lowest BCUT2D eigenvalue weighted by Crippen LogP contribution is -2.50. The Hall–Kier alpha value is -3.04. The Balaban J connectivity index is 1.30. The number of nitrogens with one attached hydrogen (secondary N) is 1. The Morgan fingerprint density at radius 3 is 2.52 bits per heavy atom. The molecule has 164 valence electrons. The summed E-state index contributed by atoms with van der Waals surface area (Å²) in [5.41, 5.74) is 1.58. The number of sulfonamides is 1. The second kappa shape index (κ2) is 8.99. The van der Waals surface area contributed by atoms with Crippen LogP contribution in [0.25, 0.3) is 11.0 Å². The second-order valence-corrected chi connectivity index (χ2v) is 9.37. The number of nitrogens with zero attached hydrogens (tertiary/aromatic N) is 2. The number of carbonyl (C=O) groups is 1. The molecule has 2 aromatic carbocycles. The molecule has 1 aliphatic heterocycles. The quantitative estimate of drug-likeness (QED) is 0.603. The van der Waals surface area contributed by atoms with Crippen LogP contribution in [-0.4, -0.2) is 64.2 Å². The third kappa shape index (κ3) is 4.67. The largest absolute Gasteiger partial charge is 0.495 e. The number of rotatable bonds is 7. The molecule has 1 aromatic heterocycles. The first kappa shape index (κ1) is 21.2. The molecule has 9 heteroatoms. The first-order valence-electron chi connectivity index (χ1n) is 10.1. The molecule has 0 aliphatic carbocycles. The molecule has 31 heavy (non-hydrogen) atoms. The maximum atomic E-state index is 12.7. The van der Waals surface area contributed by atoms with Gasteiger partial charge in [-0.25, -0.2) is 8.42 Å². The number of amides is 1. The number of anilines is 1. The van der Waals surface area contributed by atoms with Gasteiger partial charge in [-0.2, -0.15) is 4.31 Å². The van der Waals surface area contributed by atoms with E-state index in [-0.39, 0.29) is 18.1 Å². The van der Waals surface area contributed by atoms with Gasteiger partial charge >= 0.3 is 0 Å². The highest BCUT2D eigenvalue weighted by Crippen LogP contribution is 2.28. The molecule has 3 aromatic rings. The van der Waals surface area contributed by atoms with Crippen molar-refractivity contribution in [1.29, 1.82) is 0 Å². The number of para-hydroxylation sites is 3. The molecule has 0 saturated carbocycles. The lowest BCUT2D eigenvalue weighted by atomic mass is 10.2. The third-order valence-electron chi connectivity index (χ3n) is 5.35. The van der Waals surface area contributed by atoms with E-state index in [2.05, 4.69) is 10.2 Å². The van der Waals surface area contributed by atoms with Gasteiger partial charge in [0.25, 0.3) is 5.91 Å². The Labute approximate surface area is 181 Å². The number of hydrogen-bond donors (Lipinski definition) is 1. The van der Waals surface area contributed by atoms with Gasteiger partial charge in [0.05, 0.1) is 18.6 Å². The summed E-state index contributed by atoms with van der Waals surface area (Å²) in [5.74, 6) is 0.358. The topological polar surface area (TPSA) is 92.1 Å². The van der Waals surface area contributed by atoms with Gasteiger partial charge in [-0.1, -0.05) is 30.3 Å². The van der Waals surface area contributed by atoms with Gasteiger partial charge in [-0.15, -0.1) is 0 Å². The number of carbonyl (C=O) groups excluding carboxylic acids is 1. The van der Waals surface area contributed by atoms with E-state index in [0.717, 1.165) is 16.8 Å². The zero-order chi connectivity index (χ0) is 21.8. The van der Waals surface area contributed by atoms with Crippen molar-refractivity contribution in [3.8, 4) is 5.75 Å². The van der Waals surface area contributed by atoms with Crippen LogP contribution in [-0.2, 0) is 10.0 Å². The molecule has 2 heterocycles. The highest BCUT2D eigenvalue weighted by molar-refractivity contribution is 7.89. The van der Waals surface area contributed by atoms with Gasteiger partial charge in [0.2, 0.25) is 10.0 Å². The molecule has 0 spiro atoms. The van der Waals surface area contributed by atoms with Crippen molar-refractivity contribution in [2.24, 2.45) is 0 Å². The van der Waals surface area contributed by atoms with E-state index in [1.54, 1.807) is 19.2 Å². The summed E-state index contributed by atoms with van der Waals surface area (Å²) >= 11 is 0. The van der Waals surface area contributed by atoms with E-state index < -0.39 is 15.9 Å². The van der Waals surface area contributed by atoms with Crippen LogP contribution in [0.5, 0.6) is 5.75 Å². The summed E-state index contributed by atoms with van der Waals surface area (Å²) in [4.78, 5) is 14.4. The summed E-state index contributed by atoms with van der Waals surface area (Å²) in [5, 5.41) is 3.47. The minimum atomic E-state index is -3.48. The van der Waals surface area contributed by atoms with Crippen molar-refractivity contribution in [2.45, 2.75) is 0 Å². The summed E-state index contributed by atoms with van der Waals surface area (Å²) in [6.07, 6.45) is 0. The van der Waals surface area contributed by atoms with Gasteiger partial charge in [-0.05, 0) is 24.3 Å². The molecule has 0 radical (unpaired) electrons. The van der Waals surface area contributed by atoms with Crippen molar-refractivity contribution in [3.05, 3.63) is 60.4 Å². The fourth-order valence-corrected chi connectivity index (χ4v) is 5.04. The molecule has 1 saturated heterocycles. The lowest BCUT2D eigenvalue weighted by Gasteiger charge is -2.35. The Morgan fingerprint density at radius 2 is 1.77 bits per heavy atom. The van der Waals surface area contributed by atoms with Gasteiger partial charge < -0.3 is 19.4 Å². The monoisotopic (exact) mass is 443 g/mol. The van der Waals surface area contributed by atoms with Crippen LogP contribution in [0.4, 0.5) is 5.69 Å². The predicted molar refractivity (Wildman–Crippen MR) is 119 cm³/mol. The summed E-state index contributed by atoms with van der Waals surface area (Å²) in [6.45, 7) is 1.94. The Morgan fingerprint density at radius 1 is 1.06 bits per heavy atom. The predicted octanol–water partition coefficient (Wildman–Crippen LogP) is 2.32. The molecule has 0 bridgehead atoms. The number of piperazine rings is 1. The third-order valence-corrected chi connectivity index (χ3v) is 7.22. The standard InChI is InChI=1S/C22H25N3O5S/c1-29-20-9-5-3-7-18(20)24-11-13-25(14-12-24)31(27,28)15-10-23-22(26)21-16-17-6-2-4-8-19(17)30-21/h2-9,16H,10-15H2,1H3,(H,23,26). The minimum absolute atomic E-state index is 0.0188. The van der Waals surface area contributed by atoms with E-state index in [1.165, 1.54) is 4.31 Å². The van der Waals surface area contributed by atoms with Crippen molar-refractivity contribution in [3.63, 3.8) is 0 Å². The molecule has 8 nitrogen and oxygen atoms in total. The van der Waals surface area contributed by atoms with Gasteiger partial charge in [0.15, 0.2) is 5.76 Å². The molecular formula is C22H25N3O5S. The average molecular weight is 444 g/mol. The zero-order valence-electron chi connectivity index (χ0n) is 17.3. The molecule has 0 atom stereocenters. The maximum Gasteiger partial charge on any atom is 0.287 e. The van der Waals surface area contributed by atoms with E-state index in [9.17, 15) is 13.2 Å². The summed E-state index contributed by atoms with van der Waals surface area (Å²) in [7, 11) is -1.85. The molecule has 1 aliphatic rings. The van der Waals surface area contributed by atoms with Crippen LogP contribution < -0.4 is 15.0 Å². The van der Waals surface area contributed by atoms with Gasteiger partial charge in [0.1, 0.15) is 11.3 Å². The number of ether oxygens (including phenoxy) is 1. The van der Waals surface area contributed by atoms with Crippen LogP contribution >= 0.6 is 0 Å². The van der Waals surface area contributed by atoms with E-state index in [1.807, 2.05) is 42.5 Å². The van der Waals surface area contributed by atoms with Crippen LogP contribution in [0.3, 0.4) is 0 Å². The highest BCUT2D eigenvalue weighted by atomic mass is 32.2. The summed E-state index contributed by atoms with van der Waals surface area (Å²) in [6, 6.07) is 16.7. The van der Waals surface area contributed by atoms with Crippen molar-refractivity contribution in [2.75, 3.05) is 50.5 Å². The average Bonchev–Trinajstić information content (AvgIpc) is 3.23. The Bertz CT molecular complexity index is 1130. The van der Waals surface area contributed by atoms with E-state index in [4.69, 9.17) is 9.15 Å². The number of benzene rings is 2. The lowest BCUT2D eigenvalue weighted by molar-refractivity contribution is 0.0930. The molecule has 0 unspecified atom stereocenters. The van der Waals surface area contributed by atoms with Crippen molar-refractivity contribution < 1.29 is 22.4 Å². The number of hydrogen-bond acceptors (Lipinski definition) is 6. The molecule has 1 fully saturated rings. The number of fused-ring (bicyclic) bond motifs is 1. The minimum Gasteiger partial charge on any atom is -0.495 e. The van der Waals surface area contributed by atoms with Crippen LogP contribution in [0.15, 0.2) is 59.0 Å². The molecule has 4 rings (SSSR count). The fraction of sp³-hybridized carbons (Fsp3) is 0.318. The van der Waals surface area contributed by atoms with Crippen molar-refractivity contribution >= 4 is 32.6 Å². The first-order valence-corrected chi connectivity index (χ1v) is 11.7. The highest BCUT2D eigenvalue weighted by Gasteiger charge is 2.28. The van der Waals surface area contributed by atoms with Gasteiger partial charge in [-0.3, -0.25) is 4.79 Å². The molecule has 1 N–H and O–H groups in total. The molecular weight excluding hydrogens is 418 g/mol. The normalized spacial score (nSPS) is 15.2. The fourth-order valence-electron chi connectivity index (χ4n) is 3.70. The van der Waals surface area contributed by atoms with E-state index in [0.29, 0.717) is 31.8 Å². The van der Waals surface area contributed by atoms with Crippen LogP contribution in [0, 0.1) is 0 Å². The number of methoxy groups -OCH3 is 1. The SMILES string of the molecule is COc1ccccc1N1CCN(S(=O)(=O)CCNC(=O)c2cc3ccccc3o2)CC1. The number of furan rings is 1. The summed E-state index contributed by atoms with van der Waals surface area (Å²) < 4.78 is 37.8. The van der Waals surface area contributed by atoms with Crippen LogP contribution in [0.1, 0.15) is 10.6 Å². The van der Waals surface area contributed by atoms with Crippen LogP contribution in [0.2, 0.25) is 0 Å². The maximum absolute atomic E-state index is 12.7. The Kier molecular flexibility index (Phi) is 6.15. The van der Waals surface area contributed by atoms with Gasteiger partial charge in [0, 0.05) is 38.1 Å². The second-order valence-electron chi connectivity index (χ2n) is 7.28. The molecule has 1 amide bonds.